The Hall–Kier alpha value is -3.77. The molecule has 1 N–H and O–H groups in total. The molecule has 4 nitrogen and oxygen atoms in total. The number of H-pyrrole nitrogens is 1. The summed E-state index contributed by atoms with van der Waals surface area (Å²) < 4.78 is 0. The minimum atomic E-state index is -1.95. The number of halogens is 1. The second-order valence-electron chi connectivity index (χ2n) is 7.82. The first kappa shape index (κ1) is 23.4. The lowest BCUT2D eigenvalue weighted by Gasteiger charge is -2.28. The van der Waals surface area contributed by atoms with Gasteiger partial charge in [0.05, 0.1) is 6.16 Å². The molecule has 1 aromatic heterocycles. The second kappa shape index (κ2) is 10.4. The molecule has 0 saturated carbocycles. The Morgan fingerprint density at radius 2 is 1.15 bits per heavy atom. The predicted octanol–water partition coefficient (Wildman–Crippen LogP) is 1.84. The summed E-state index contributed by atoms with van der Waals surface area (Å²) in [5.41, 5.74) is 3.08. The van der Waals surface area contributed by atoms with Crippen molar-refractivity contribution in [3.63, 3.8) is 0 Å². The van der Waals surface area contributed by atoms with Crippen molar-refractivity contribution < 1.29 is 12.4 Å². The van der Waals surface area contributed by atoms with Gasteiger partial charge in [0.2, 0.25) is 0 Å². The maximum atomic E-state index is 9.30. The molecule has 6 heteroatoms. The maximum Gasteiger partial charge on any atom is 0.163 e. The molecular formula is C28H22ClN4P. The van der Waals surface area contributed by atoms with Gasteiger partial charge >= 0.3 is 0 Å². The molecule has 0 fully saturated rings. The van der Waals surface area contributed by atoms with Gasteiger partial charge in [-0.25, -0.2) is 5.10 Å². The molecule has 0 atom stereocenters. The molecular weight excluding hydrogens is 459 g/mol. The fraction of sp³-hybridized carbons (Fsp3) is 0.0357. The number of nitriles is 1. The lowest BCUT2D eigenvalue weighted by molar-refractivity contribution is -0.00000677. The lowest BCUT2D eigenvalue weighted by atomic mass is 10.1. The molecule has 0 saturated heterocycles. The van der Waals surface area contributed by atoms with Gasteiger partial charge in [0.15, 0.2) is 5.69 Å². The van der Waals surface area contributed by atoms with Crippen LogP contribution < -0.4 is 28.3 Å². The first-order valence-electron chi connectivity index (χ1n) is 10.8. The number of rotatable bonds is 6. The van der Waals surface area contributed by atoms with Crippen LogP contribution in [0.5, 0.6) is 0 Å². The average molecular weight is 481 g/mol. The molecule has 0 unspecified atom stereocenters. The largest absolute Gasteiger partial charge is 1.00 e. The number of hydrogen-bond donors (Lipinski definition) is 1. The number of aromatic amines is 1. The molecule has 4 aromatic carbocycles. The van der Waals surface area contributed by atoms with Crippen LogP contribution in [-0.4, -0.2) is 15.4 Å². The monoisotopic (exact) mass is 480 g/mol. The molecule has 0 radical (unpaired) electrons. The minimum Gasteiger partial charge on any atom is -1.00 e. The molecule has 0 bridgehead atoms. The van der Waals surface area contributed by atoms with E-state index < -0.39 is 7.26 Å². The Balaban J connectivity index is 0.00000274. The third kappa shape index (κ3) is 4.37. The van der Waals surface area contributed by atoms with Gasteiger partial charge in [-0.3, -0.25) is 0 Å². The van der Waals surface area contributed by atoms with Gasteiger partial charge in [-0.05, 0) is 42.0 Å². The number of benzene rings is 4. The zero-order chi connectivity index (χ0) is 22.5. The molecule has 166 valence electrons. The summed E-state index contributed by atoms with van der Waals surface area (Å²) >= 11 is 0. The van der Waals surface area contributed by atoms with Gasteiger partial charge in [-0.2, -0.15) is 5.26 Å². The van der Waals surface area contributed by atoms with E-state index in [0.29, 0.717) is 11.4 Å². The lowest BCUT2D eigenvalue weighted by Crippen LogP contribution is -3.00. The van der Waals surface area contributed by atoms with Crippen molar-refractivity contribution in [2.45, 2.75) is 6.16 Å². The normalized spacial score (nSPS) is 10.8. The topological polar surface area (TPSA) is 65.4 Å². The summed E-state index contributed by atoms with van der Waals surface area (Å²) in [5, 5.41) is 23.9. The summed E-state index contributed by atoms with van der Waals surface area (Å²) in [6.07, 6.45) is 0.898. The van der Waals surface area contributed by atoms with Crippen molar-refractivity contribution in [2.75, 3.05) is 0 Å². The van der Waals surface area contributed by atoms with Gasteiger partial charge in [0.1, 0.15) is 34.9 Å². The second-order valence-corrected chi connectivity index (χ2v) is 11.3. The van der Waals surface area contributed by atoms with Crippen LogP contribution in [0.2, 0.25) is 0 Å². The van der Waals surface area contributed by atoms with E-state index in [1.54, 1.807) is 0 Å². The first-order chi connectivity index (χ1) is 16.3. The highest BCUT2D eigenvalue weighted by molar-refractivity contribution is 7.95. The van der Waals surface area contributed by atoms with Crippen LogP contribution in [0.1, 0.15) is 11.3 Å². The summed E-state index contributed by atoms with van der Waals surface area (Å²) in [6, 6.07) is 43.1. The van der Waals surface area contributed by atoms with E-state index in [4.69, 9.17) is 0 Å². The van der Waals surface area contributed by atoms with Crippen LogP contribution >= 0.6 is 7.26 Å². The SMILES string of the molecule is N#Cc1[nH]nnc1-c1ccc(C[P+](c2ccccc2)(c2ccccc2)c2ccccc2)cc1.[Cl-]. The predicted molar refractivity (Wildman–Crippen MR) is 135 cm³/mol. The summed E-state index contributed by atoms with van der Waals surface area (Å²) in [5.74, 6) is 0. The van der Waals surface area contributed by atoms with Crippen LogP contribution in [0.3, 0.4) is 0 Å². The quantitative estimate of drug-likeness (QED) is 0.377. The van der Waals surface area contributed by atoms with Gasteiger partial charge in [-0.15, -0.1) is 5.10 Å². The standard InChI is InChI=1S/C28H22N4P.ClH/c29-20-27-28(31-32-30-27)23-18-16-22(17-19-23)21-33(24-10-4-1-5-11-24,25-12-6-2-7-13-25)26-14-8-3-9-15-26;/h1-19H,21H2,(H,30,31,32);1H/q+1;/p-1. The summed E-state index contributed by atoms with van der Waals surface area (Å²) in [4.78, 5) is 0. The smallest absolute Gasteiger partial charge is 0.163 e. The molecule has 34 heavy (non-hydrogen) atoms. The third-order valence-electron chi connectivity index (χ3n) is 5.90. The van der Waals surface area contributed by atoms with E-state index in [2.05, 4.69) is 125 Å². The summed E-state index contributed by atoms with van der Waals surface area (Å²) in [6.45, 7) is 0. The fourth-order valence-electron chi connectivity index (χ4n) is 4.32. The highest BCUT2D eigenvalue weighted by atomic mass is 35.5. The maximum absolute atomic E-state index is 9.30. The number of aromatic nitrogens is 3. The number of nitrogens with one attached hydrogen (secondary N) is 1. The zero-order valence-electron chi connectivity index (χ0n) is 18.3. The molecule has 0 aliphatic heterocycles. The molecule has 0 spiro atoms. The van der Waals surface area contributed by atoms with E-state index >= 15 is 0 Å². The Bertz CT molecular complexity index is 1280. The molecule has 1 heterocycles. The van der Waals surface area contributed by atoms with Crippen LogP contribution in [0.15, 0.2) is 115 Å². The molecule has 5 rings (SSSR count). The van der Waals surface area contributed by atoms with Gasteiger partial charge in [0.25, 0.3) is 0 Å². The Morgan fingerprint density at radius 3 is 1.59 bits per heavy atom. The summed E-state index contributed by atoms with van der Waals surface area (Å²) in [7, 11) is -1.95. The van der Waals surface area contributed by atoms with Crippen molar-refractivity contribution in [1.82, 2.24) is 15.4 Å². The Morgan fingerprint density at radius 1 is 0.676 bits per heavy atom. The third-order valence-corrected chi connectivity index (χ3v) is 10.3. The number of hydrogen-bond acceptors (Lipinski definition) is 3. The van der Waals surface area contributed by atoms with Crippen molar-refractivity contribution in [3.05, 3.63) is 127 Å². The highest BCUT2D eigenvalue weighted by Crippen LogP contribution is 2.58. The van der Waals surface area contributed by atoms with E-state index in [-0.39, 0.29) is 12.4 Å². The van der Waals surface area contributed by atoms with E-state index in [1.165, 1.54) is 21.5 Å². The first-order valence-corrected chi connectivity index (χ1v) is 12.7. The average Bonchev–Trinajstić information content (AvgIpc) is 3.38. The molecule has 5 aromatic rings. The van der Waals surface area contributed by atoms with Crippen LogP contribution in [-0.2, 0) is 6.16 Å². The van der Waals surface area contributed by atoms with Gasteiger partial charge in [-0.1, -0.05) is 84.1 Å². The molecule has 0 aliphatic carbocycles. The number of nitrogens with zero attached hydrogens (tertiary/aromatic N) is 3. The Kier molecular flexibility index (Phi) is 7.18. The van der Waals surface area contributed by atoms with Crippen molar-refractivity contribution in [1.29, 1.82) is 5.26 Å². The Labute approximate surface area is 206 Å². The minimum absolute atomic E-state index is 0. The van der Waals surface area contributed by atoms with Crippen LogP contribution in [0.25, 0.3) is 11.3 Å². The van der Waals surface area contributed by atoms with E-state index in [1.807, 2.05) is 12.1 Å². The van der Waals surface area contributed by atoms with Crippen molar-refractivity contribution >= 4 is 23.2 Å². The van der Waals surface area contributed by atoms with Crippen LogP contribution in [0, 0.1) is 11.3 Å². The van der Waals surface area contributed by atoms with Crippen LogP contribution in [0.4, 0.5) is 0 Å². The van der Waals surface area contributed by atoms with E-state index in [0.717, 1.165) is 11.7 Å². The van der Waals surface area contributed by atoms with Crippen molar-refractivity contribution in [3.8, 4) is 17.3 Å². The van der Waals surface area contributed by atoms with Gasteiger partial charge < -0.3 is 12.4 Å². The molecule has 0 amide bonds. The van der Waals surface area contributed by atoms with Gasteiger partial charge in [0, 0.05) is 5.56 Å². The fourth-order valence-corrected chi connectivity index (χ4v) is 8.56. The highest BCUT2D eigenvalue weighted by Gasteiger charge is 2.45. The zero-order valence-corrected chi connectivity index (χ0v) is 20.0. The molecule has 0 aliphatic rings. The van der Waals surface area contributed by atoms with E-state index in [9.17, 15) is 5.26 Å². The van der Waals surface area contributed by atoms with Crippen molar-refractivity contribution in [2.24, 2.45) is 0 Å².